The van der Waals surface area contributed by atoms with Crippen LogP contribution in [0.4, 0.5) is 10.6 Å². The van der Waals surface area contributed by atoms with Gasteiger partial charge in [0.25, 0.3) is 0 Å². The maximum atomic E-state index is 11.7. The van der Waals surface area contributed by atoms with Gasteiger partial charge in [-0.1, -0.05) is 0 Å². The first kappa shape index (κ1) is 17.6. The standard InChI is InChI=1S/C13H20N4O5S/c14-4-1-2-6-20-13(19)21-7-11-22-10(8-23-11)17-5-3-9(15)16-12(17)18/h3,5,10-11H,1-2,4,6-8,14H2,(H2,15,16,18)/t10-,11+/m0/s1. The van der Waals surface area contributed by atoms with Gasteiger partial charge in [-0.3, -0.25) is 4.57 Å². The number of hydrogen-bond acceptors (Lipinski definition) is 9. The summed E-state index contributed by atoms with van der Waals surface area (Å²) in [5, 5.41) is 0. The second-order valence-electron chi connectivity index (χ2n) is 4.80. The lowest BCUT2D eigenvalue weighted by Gasteiger charge is -2.14. The van der Waals surface area contributed by atoms with Gasteiger partial charge in [0.2, 0.25) is 0 Å². The number of unbranched alkanes of at least 4 members (excludes halogenated alkanes) is 1. The molecule has 0 bridgehead atoms. The quantitative estimate of drug-likeness (QED) is 0.529. The highest BCUT2D eigenvalue weighted by atomic mass is 32.2. The highest BCUT2D eigenvalue weighted by Crippen LogP contribution is 2.31. The van der Waals surface area contributed by atoms with E-state index in [0.29, 0.717) is 18.7 Å². The van der Waals surface area contributed by atoms with Crippen LogP contribution in [0, 0.1) is 0 Å². The number of nitrogen functional groups attached to an aromatic ring is 1. The lowest BCUT2D eigenvalue weighted by Crippen LogP contribution is -2.29. The molecule has 10 heteroatoms. The number of anilines is 1. The minimum absolute atomic E-state index is 0.0496. The number of hydrogen-bond donors (Lipinski definition) is 2. The number of rotatable bonds is 7. The lowest BCUT2D eigenvalue weighted by atomic mass is 10.3. The van der Waals surface area contributed by atoms with Gasteiger partial charge in [-0.25, -0.2) is 9.59 Å². The van der Waals surface area contributed by atoms with Crippen molar-refractivity contribution in [2.24, 2.45) is 5.73 Å². The molecular formula is C13H20N4O5S. The summed E-state index contributed by atoms with van der Waals surface area (Å²) in [7, 11) is 0. The Hall–Kier alpha value is -1.78. The van der Waals surface area contributed by atoms with Crippen LogP contribution in [0.2, 0.25) is 0 Å². The van der Waals surface area contributed by atoms with Gasteiger partial charge in [-0.15, -0.1) is 11.8 Å². The maximum absolute atomic E-state index is 11.7. The molecule has 0 spiro atoms. The van der Waals surface area contributed by atoms with Crippen LogP contribution >= 0.6 is 11.8 Å². The molecule has 1 aliphatic rings. The monoisotopic (exact) mass is 344 g/mol. The number of thioether (sulfide) groups is 1. The first-order chi connectivity index (χ1) is 11.1. The molecule has 0 aliphatic carbocycles. The van der Waals surface area contributed by atoms with Crippen molar-refractivity contribution in [1.29, 1.82) is 0 Å². The Labute approximate surface area is 137 Å². The van der Waals surface area contributed by atoms with Gasteiger partial charge in [0, 0.05) is 11.9 Å². The van der Waals surface area contributed by atoms with Gasteiger partial charge < -0.3 is 25.7 Å². The molecule has 0 unspecified atom stereocenters. The summed E-state index contributed by atoms with van der Waals surface area (Å²) >= 11 is 1.44. The van der Waals surface area contributed by atoms with Crippen molar-refractivity contribution in [3.8, 4) is 0 Å². The SMILES string of the molecule is NCCCCOC(=O)OC[C@@H]1O[C@H](n2ccc(N)nc2=O)CS1. The molecule has 23 heavy (non-hydrogen) atoms. The zero-order valence-electron chi connectivity index (χ0n) is 12.6. The second-order valence-corrected chi connectivity index (χ2v) is 5.99. The maximum Gasteiger partial charge on any atom is 0.508 e. The Morgan fingerprint density at radius 2 is 2.30 bits per heavy atom. The molecule has 1 aromatic rings. The van der Waals surface area contributed by atoms with E-state index in [2.05, 4.69) is 4.98 Å². The molecule has 1 aliphatic heterocycles. The van der Waals surface area contributed by atoms with Crippen molar-refractivity contribution in [2.75, 3.05) is 31.2 Å². The molecule has 0 aromatic carbocycles. The summed E-state index contributed by atoms with van der Waals surface area (Å²) in [6, 6.07) is 1.53. The fourth-order valence-corrected chi connectivity index (χ4v) is 2.89. The molecule has 2 heterocycles. The fraction of sp³-hybridized carbons (Fsp3) is 0.615. The summed E-state index contributed by atoms with van der Waals surface area (Å²) < 4.78 is 16.9. The first-order valence-electron chi connectivity index (χ1n) is 7.21. The van der Waals surface area contributed by atoms with E-state index in [1.165, 1.54) is 28.6 Å². The van der Waals surface area contributed by atoms with Crippen molar-refractivity contribution < 1.29 is 19.0 Å². The predicted octanol–water partition coefficient (Wildman–Crippen LogP) is 0.306. The number of aromatic nitrogens is 2. The van der Waals surface area contributed by atoms with E-state index < -0.39 is 18.1 Å². The van der Waals surface area contributed by atoms with Gasteiger partial charge in [0.05, 0.1) is 6.61 Å². The number of carbonyl (C=O) groups excluding carboxylic acids is 1. The molecule has 1 saturated heterocycles. The number of ether oxygens (including phenoxy) is 3. The molecule has 0 saturated carbocycles. The Kier molecular flexibility index (Phi) is 6.68. The van der Waals surface area contributed by atoms with E-state index >= 15 is 0 Å². The van der Waals surface area contributed by atoms with Gasteiger partial charge >= 0.3 is 11.8 Å². The van der Waals surface area contributed by atoms with Gasteiger partial charge in [0.15, 0.2) is 0 Å². The summed E-state index contributed by atoms with van der Waals surface area (Å²) in [5.74, 6) is 0.708. The average Bonchev–Trinajstić information content (AvgIpc) is 2.98. The van der Waals surface area contributed by atoms with Crippen LogP contribution in [0.3, 0.4) is 0 Å². The van der Waals surface area contributed by atoms with E-state index in [9.17, 15) is 9.59 Å². The summed E-state index contributed by atoms with van der Waals surface area (Å²) in [5.41, 5.74) is 9.95. The summed E-state index contributed by atoms with van der Waals surface area (Å²) in [4.78, 5) is 26.8. The smallest absolute Gasteiger partial charge is 0.434 e. The fourth-order valence-electron chi connectivity index (χ4n) is 1.90. The molecular weight excluding hydrogens is 324 g/mol. The van der Waals surface area contributed by atoms with Crippen LogP contribution in [0.1, 0.15) is 19.1 Å². The molecule has 9 nitrogen and oxygen atoms in total. The molecule has 1 aromatic heterocycles. The number of nitrogens with zero attached hydrogens (tertiary/aromatic N) is 2. The lowest BCUT2D eigenvalue weighted by molar-refractivity contribution is -0.0238. The van der Waals surface area contributed by atoms with Crippen molar-refractivity contribution in [1.82, 2.24) is 9.55 Å². The van der Waals surface area contributed by atoms with E-state index in [-0.39, 0.29) is 24.5 Å². The zero-order valence-corrected chi connectivity index (χ0v) is 13.4. The van der Waals surface area contributed by atoms with E-state index in [0.717, 1.165) is 6.42 Å². The molecule has 2 atom stereocenters. The van der Waals surface area contributed by atoms with Crippen molar-refractivity contribution in [2.45, 2.75) is 24.5 Å². The van der Waals surface area contributed by atoms with Crippen LogP contribution in [-0.2, 0) is 14.2 Å². The average molecular weight is 344 g/mol. The Balaban J connectivity index is 1.73. The van der Waals surface area contributed by atoms with Crippen LogP contribution in [0.5, 0.6) is 0 Å². The first-order valence-corrected chi connectivity index (χ1v) is 8.26. The largest absolute Gasteiger partial charge is 0.508 e. The third kappa shape index (κ3) is 5.41. The minimum atomic E-state index is -0.735. The number of carbonyl (C=O) groups is 1. The second kappa shape index (κ2) is 8.75. The molecule has 4 N–H and O–H groups in total. The third-order valence-corrected chi connectivity index (χ3v) is 4.15. The van der Waals surface area contributed by atoms with Crippen LogP contribution < -0.4 is 17.2 Å². The summed E-state index contributed by atoms with van der Waals surface area (Å²) in [6.45, 7) is 0.892. The summed E-state index contributed by atoms with van der Waals surface area (Å²) in [6.07, 6.45) is 1.83. The van der Waals surface area contributed by atoms with Crippen LogP contribution in [0.25, 0.3) is 0 Å². The Morgan fingerprint density at radius 1 is 1.48 bits per heavy atom. The Bertz CT molecular complexity index is 582. The topological polar surface area (TPSA) is 132 Å². The third-order valence-electron chi connectivity index (χ3n) is 3.05. The van der Waals surface area contributed by atoms with E-state index in [1.807, 2.05) is 0 Å². The minimum Gasteiger partial charge on any atom is -0.434 e. The van der Waals surface area contributed by atoms with Crippen molar-refractivity contribution >= 4 is 23.7 Å². The Morgan fingerprint density at radius 3 is 3.04 bits per heavy atom. The van der Waals surface area contributed by atoms with Gasteiger partial charge in [-0.05, 0) is 25.5 Å². The van der Waals surface area contributed by atoms with E-state index in [4.69, 9.17) is 25.7 Å². The normalized spacial score (nSPS) is 20.4. The van der Waals surface area contributed by atoms with Crippen molar-refractivity contribution in [3.05, 3.63) is 22.7 Å². The highest BCUT2D eigenvalue weighted by Gasteiger charge is 2.29. The molecule has 1 fully saturated rings. The molecule has 0 radical (unpaired) electrons. The number of nitrogens with two attached hydrogens (primary N) is 2. The van der Waals surface area contributed by atoms with Crippen LogP contribution in [0.15, 0.2) is 17.1 Å². The molecule has 0 amide bonds. The van der Waals surface area contributed by atoms with Gasteiger partial charge in [-0.2, -0.15) is 4.98 Å². The predicted molar refractivity (Wildman–Crippen MR) is 84.9 cm³/mol. The zero-order chi connectivity index (χ0) is 16.7. The van der Waals surface area contributed by atoms with Gasteiger partial charge in [0.1, 0.15) is 24.1 Å². The highest BCUT2D eigenvalue weighted by molar-refractivity contribution is 8.00. The van der Waals surface area contributed by atoms with Crippen LogP contribution in [-0.4, -0.2) is 46.7 Å². The van der Waals surface area contributed by atoms with E-state index in [1.54, 1.807) is 0 Å². The van der Waals surface area contributed by atoms with Crippen molar-refractivity contribution in [3.63, 3.8) is 0 Å². The molecule has 128 valence electrons. The molecule has 2 rings (SSSR count).